The third-order valence-corrected chi connectivity index (χ3v) is 5.20. The van der Waals surface area contributed by atoms with Crippen molar-refractivity contribution in [3.05, 3.63) is 29.8 Å². The second-order valence-electron chi connectivity index (χ2n) is 6.02. The van der Waals surface area contributed by atoms with Crippen molar-refractivity contribution >= 4 is 10.0 Å². The van der Waals surface area contributed by atoms with Crippen molar-refractivity contribution in [2.75, 3.05) is 6.54 Å². The third-order valence-electron chi connectivity index (χ3n) is 4.27. The Hall–Kier alpha value is -0.950. The van der Waals surface area contributed by atoms with E-state index in [0.717, 1.165) is 24.9 Å². The normalized spacial score (nSPS) is 25.2. The summed E-state index contributed by atoms with van der Waals surface area (Å²) in [5.74, 6) is 0. The van der Waals surface area contributed by atoms with E-state index in [0.29, 0.717) is 6.04 Å². The summed E-state index contributed by atoms with van der Waals surface area (Å²) in [6.45, 7) is 4.91. The summed E-state index contributed by atoms with van der Waals surface area (Å²) in [4.78, 5) is 0.137. The van der Waals surface area contributed by atoms with Gasteiger partial charge in [-0.25, -0.2) is 13.6 Å². The molecule has 0 spiro atoms. The maximum atomic E-state index is 11.1. The molecule has 1 aliphatic carbocycles. The number of hydrogen-bond donors (Lipinski definition) is 3. The summed E-state index contributed by atoms with van der Waals surface area (Å²) in [5, 5.41) is 18.1. The highest BCUT2D eigenvalue weighted by Crippen LogP contribution is 2.40. The molecule has 4 N–H and O–H groups in total. The van der Waals surface area contributed by atoms with Crippen LogP contribution < -0.4 is 10.5 Å². The fraction of sp³-hybridized carbons (Fsp3) is 0.571. The van der Waals surface area contributed by atoms with E-state index in [9.17, 15) is 13.5 Å². The predicted molar refractivity (Wildman–Crippen MR) is 77.7 cm³/mol. The molecule has 0 amide bonds. The summed E-state index contributed by atoms with van der Waals surface area (Å²) in [6, 6.07) is 6.95. The molecular weight excluding hydrogens is 276 g/mol. The molecule has 112 valence electrons. The van der Waals surface area contributed by atoms with E-state index in [2.05, 4.69) is 19.2 Å². The fourth-order valence-electron chi connectivity index (χ4n) is 2.49. The molecule has 0 saturated heterocycles. The van der Waals surface area contributed by atoms with Crippen LogP contribution in [-0.2, 0) is 16.4 Å². The molecule has 20 heavy (non-hydrogen) atoms. The molecule has 6 heteroatoms. The number of nitrogens with two attached hydrogens (primary N) is 1. The minimum Gasteiger partial charge on any atom is -0.392 e. The average molecular weight is 298 g/mol. The number of hydrogen-bond acceptors (Lipinski definition) is 4. The summed E-state index contributed by atoms with van der Waals surface area (Å²) in [7, 11) is -3.61. The van der Waals surface area contributed by atoms with E-state index in [-0.39, 0.29) is 16.4 Å². The van der Waals surface area contributed by atoms with Crippen molar-refractivity contribution in [2.24, 2.45) is 10.6 Å². The SMILES string of the molecule is CC1(C)C(O)CC1NCCc1ccc(S(N)(=O)=O)cc1. The van der Waals surface area contributed by atoms with Crippen LogP contribution in [0.4, 0.5) is 0 Å². The standard InChI is InChI=1S/C14H22N2O3S/c1-14(2)12(9-13(14)17)16-8-7-10-3-5-11(6-4-10)20(15,18)19/h3-6,12-13,16-17H,7-9H2,1-2H3,(H2,15,18,19). The number of nitrogens with one attached hydrogen (secondary N) is 1. The van der Waals surface area contributed by atoms with Crippen LogP contribution in [0.2, 0.25) is 0 Å². The van der Waals surface area contributed by atoms with Gasteiger partial charge in [0.2, 0.25) is 10.0 Å². The summed E-state index contributed by atoms with van der Waals surface area (Å²) >= 11 is 0. The van der Waals surface area contributed by atoms with Gasteiger partial charge < -0.3 is 10.4 Å². The van der Waals surface area contributed by atoms with Crippen LogP contribution in [0.5, 0.6) is 0 Å². The molecule has 5 nitrogen and oxygen atoms in total. The smallest absolute Gasteiger partial charge is 0.238 e. The number of aliphatic hydroxyl groups excluding tert-OH is 1. The van der Waals surface area contributed by atoms with Crippen LogP contribution in [0.25, 0.3) is 0 Å². The van der Waals surface area contributed by atoms with Crippen molar-refractivity contribution < 1.29 is 13.5 Å². The van der Waals surface area contributed by atoms with Gasteiger partial charge in [-0.1, -0.05) is 26.0 Å². The Bertz CT molecular complexity index is 567. The van der Waals surface area contributed by atoms with Crippen molar-refractivity contribution in [3.63, 3.8) is 0 Å². The van der Waals surface area contributed by atoms with E-state index in [1.54, 1.807) is 12.1 Å². The van der Waals surface area contributed by atoms with Gasteiger partial charge in [0.1, 0.15) is 0 Å². The number of benzene rings is 1. The van der Waals surface area contributed by atoms with Gasteiger partial charge in [0.05, 0.1) is 11.0 Å². The lowest BCUT2D eigenvalue weighted by Gasteiger charge is -2.49. The molecule has 0 radical (unpaired) electrons. The number of rotatable bonds is 5. The van der Waals surface area contributed by atoms with Crippen LogP contribution in [0.15, 0.2) is 29.2 Å². The Labute approximate surface area is 120 Å². The van der Waals surface area contributed by atoms with Crippen molar-refractivity contribution in [3.8, 4) is 0 Å². The maximum Gasteiger partial charge on any atom is 0.238 e. The number of primary sulfonamides is 1. The maximum absolute atomic E-state index is 11.1. The first-order chi connectivity index (χ1) is 9.21. The molecule has 0 heterocycles. The van der Waals surface area contributed by atoms with Gasteiger partial charge in [-0.3, -0.25) is 0 Å². The monoisotopic (exact) mass is 298 g/mol. The first-order valence-corrected chi connectivity index (χ1v) is 8.29. The lowest BCUT2D eigenvalue weighted by Crippen LogP contribution is -2.60. The van der Waals surface area contributed by atoms with Crippen molar-refractivity contribution in [1.29, 1.82) is 0 Å². The van der Waals surface area contributed by atoms with E-state index in [4.69, 9.17) is 5.14 Å². The highest BCUT2D eigenvalue weighted by atomic mass is 32.2. The quantitative estimate of drug-likeness (QED) is 0.743. The molecule has 2 rings (SSSR count). The fourth-order valence-corrected chi connectivity index (χ4v) is 3.00. The minimum atomic E-state index is -3.61. The lowest BCUT2D eigenvalue weighted by molar-refractivity contribution is -0.0720. The van der Waals surface area contributed by atoms with Crippen molar-refractivity contribution in [1.82, 2.24) is 5.32 Å². The zero-order valence-corrected chi connectivity index (χ0v) is 12.7. The Morgan fingerprint density at radius 2 is 1.95 bits per heavy atom. The van der Waals surface area contributed by atoms with Gasteiger partial charge >= 0.3 is 0 Å². The number of sulfonamides is 1. The van der Waals surface area contributed by atoms with E-state index < -0.39 is 10.0 Å². The highest BCUT2D eigenvalue weighted by molar-refractivity contribution is 7.89. The third kappa shape index (κ3) is 3.20. The van der Waals surface area contributed by atoms with E-state index in [1.807, 2.05) is 0 Å². The zero-order chi connectivity index (χ0) is 15.0. The summed E-state index contributed by atoms with van der Waals surface area (Å²) in [5.41, 5.74) is 0.986. The molecule has 1 fully saturated rings. The predicted octanol–water partition coefficient (Wildman–Crippen LogP) is 0.626. The summed E-state index contributed by atoms with van der Waals surface area (Å²) in [6.07, 6.45) is 1.37. The minimum absolute atomic E-state index is 0.0719. The van der Waals surface area contributed by atoms with Crippen LogP contribution in [0.1, 0.15) is 25.8 Å². The Kier molecular flexibility index (Phi) is 4.20. The van der Waals surface area contributed by atoms with Crippen LogP contribution >= 0.6 is 0 Å². The zero-order valence-electron chi connectivity index (χ0n) is 11.8. The highest BCUT2D eigenvalue weighted by Gasteiger charge is 2.46. The second kappa shape index (κ2) is 5.44. The van der Waals surface area contributed by atoms with Gasteiger partial charge in [-0.05, 0) is 37.1 Å². The summed E-state index contributed by atoms with van der Waals surface area (Å²) < 4.78 is 22.3. The van der Waals surface area contributed by atoms with Crippen LogP contribution in [0, 0.1) is 5.41 Å². The van der Waals surface area contributed by atoms with Crippen molar-refractivity contribution in [2.45, 2.75) is 43.7 Å². The topological polar surface area (TPSA) is 92.4 Å². The second-order valence-corrected chi connectivity index (χ2v) is 7.58. The molecular formula is C14H22N2O3S. The number of aliphatic hydroxyl groups is 1. The Morgan fingerprint density at radius 3 is 2.40 bits per heavy atom. The lowest BCUT2D eigenvalue weighted by atomic mass is 9.64. The van der Waals surface area contributed by atoms with Gasteiger partial charge in [-0.2, -0.15) is 0 Å². The Balaban J connectivity index is 1.84. The average Bonchev–Trinajstić information content (AvgIpc) is 2.37. The van der Waals surface area contributed by atoms with Gasteiger partial charge in [-0.15, -0.1) is 0 Å². The van der Waals surface area contributed by atoms with E-state index in [1.165, 1.54) is 12.1 Å². The van der Waals surface area contributed by atoms with Gasteiger partial charge in [0, 0.05) is 11.5 Å². The first kappa shape index (κ1) is 15.4. The molecule has 2 atom stereocenters. The van der Waals surface area contributed by atoms with E-state index >= 15 is 0 Å². The molecule has 0 aromatic heterocycles. The first-order valence-electron chi connectivity index (χ1n) is 6.74. The molecule has 0 bridgehead atoms. The van der Waals surface area contributed by atoms with Gasteiger partial charge in [0.25, 0.3) is 0 Å². The molecule has 1 aromatic rings. The molecule has 0 aliphatic heterocycles. The largest absolute Gasteiger partial charge is 0.392 e. The van der Waals surface area contributed by atoms with Crippen LogP contribution in [-0.4, -0.2) is 32.2 Å². The molecule has 1 saturated carbocycles. The molecule has 1 aliphatic rings. The molecule has 2 unspecified atom stereocenters. The Morgan fingerprint density at radius 1 is 1.35 bits per heavy atom. The van der Waals surface area contributed by atoms with Crippen LogP contribution in [0.3, 0.4) is 0 Å². The molecule has 1 aromatic carbocycles. The van der Waals surface area contributed by atoms with Gasteiger partial charge in [0.15, 0.2) is 0 Å².